The predicted octanol–water partition coefficient (Wildman–Crippen LogP) is 16.2. The predicted molar refractivity (Wildman–Crippen MR) is 247 cm³/mol. The first kappa shape index (κ1) is 32.6. The summed E-state index contributed by atoms with van der Waals surface area (Å²) in [6.45, 7) is 0. The van der Waals surface area contributed by atoms with Gasteiger partial charge in [0.05, 0.1) is 11.4 Å². The van der Waals surface area contributed by atoms with Crippen LogP contribution >= 0.6 is 0 Å². The number of fused-ring (bicyclic) bond motifs is 11. The van der Waals surface area contributed by atoms with E-state index in [1.54, 1.807) is 0 Å². The van der Waals surface area contributed by atoms with Crippen LogP contribution in [0.5, 0.6) is 0 Å². The van der Waals surface area contributed by atoms with E-state index in [1.165, 1.54) is 59.6 Å². The second-order valence-electron chi connectivity index (χ2n) is 15.2. The van der Waals surface area contributed by atoms with Gasteiger partial charge in [-0.25, -0.2) is 0 Å². The number of para-hydroxylation sites is 2. The van der Waals surface area contributed by atoms with E-state index in [2.05, 4.69) is 217 Å². The van der Waals surface area contributed by atoms with Crippen LogP contribution in [0.1, 0.15) is 0 Å². The van der Waals surface area contributed by atoms with E-state index >= 15 is 0 Å². The fraction of sp³-hybridized carbons (Fsp3) is 0. The Hall–Kier alpha value is -7.68. The zero-order valence-electron chi connectivity index (χ0n) is 31.6. The minimum atomic E-state index is 0.892. The van der Waals surface area contributed by atoms with Crippen LogP contribution in [-0.2, 0) is 0 Å². The van der Waals surface area contributed by atoms with Crippen LogP contribution in [0, 0.1) is 0 Å². The Balaban J connectivity index is 1.11. The van der Waals surface area contributed by atoms with Gasteiger partial charge in [0.2, 0.25) is 0 Å². The van der Waals surface area contributed by atoms with Crippen LogP contribution in [0.25, 0.3) is 98.1 Å². The fourth-order valence-corrected chi connectivity index (χ4v) is 9.35. The Bertz CT molecular complexity index is 3580. The second kappa shape index (κ2) is 12.9. The monoisotopic (exact) mass is 737 g/mol. The molecule has 0 atom stereocenters. The average Bonchev–Trinajstić information content (AvgIpc) is 3.69. The Morgan fingerprint density at radius 2 is 0.810 bits per heavy atom. The van der Waals surface area contributed by atoms with Crippen LogP contribution in [-0.4, -0.2) is 0 Å². The molecule has 2 heteroatoms. The first-order valence-corrected chi connectivity index (χ1v) is 19.9. The smallest absolute Gasteiger partial charge is 0.143 e. The maximum absolute atomic E-state index is 6.94. The minimum Gasteiger partial charge on any atom is -0.455 e. The van der Waals surface area contributed by atoms with Crippen LogP contribution in [0.15, 0.2) is 217 Å². The van der Waals surface area contributed by atoms with Crippen LogP contribution in [0.2, 0.25) is 0 Å². The van der Waals surface area contributed by atoms with Crippen molar-refractivity contribution in [2.45, 2.75) is 0 Å². The maximum atomic E-state index is 6.94. The van der Waals surface area contributed by atoms with Crippen molar-refractivity contribution < 1.29 is 4.42 Å². The molecule has 0 spiro atoms. The first-order chi connectivity index (χ1) is 28.8. The second-order valence-corrected chi connectivity index (χ2v) is 15.2. The molecule has 270 valence electrons. The number of hydrogen-bond donors (Lipinski definition) is 0. The molecule has 0 radical (unpaired) electrons. The molecule has 0 bridgehead atoms. The van der Waals surface area contributed by atoms with E-state index in [1.807, 2.05) is 0 Å². The average molecular weight is 738 g/mol. The Morgan fingerprint density at radius 3 is 1.57 bits per heavy atom. The largest absolute Gasteiger partial charge is 0.455 e. The third-order valence-corrected chi connectivity index (χ3v) is 12.0. The third-order valence-electron chi connectivity index (χ3n) is 12.0. The van der Waals surface area contributed by atoms with Crippen molar-refractivity contribution in [2.75, 3.05) is 4.90 Å². The van der Waals surface area contributed by atoms with E-state index in [4.69, 9.17) is 4.42 Å². The maximum Gasteiger partial charge on any atom is 0.143 e. The van der Waals surface area contributed by atoms with Gasteiger partial charge in [0.15, 0.2) is 0 Å². The summed E-state index contributed by atoms with van der Waals surface area (Å²) < 4.78 is 6.94. The first-order valence-electron chi connectivity index (χ1n) is 19.9. The number of nitrogens with zero attached hydrogens (tertiary/aromatic N) is 1. The summed E-state index contributed by atoms with van der Waals surface area (Å²) in [4.78, 5) is 2.45. The highest BCUT2D eigenvalue weighted by atomic mass is 16.3. The summed E-state index contributed by atoms with van der Waals surface area (Å²) >= 11 is 0. The molecule has 0 aliphatic heterocycles. The summed E-state index contributed by atoms with van der Waals surface area (Å²) in [5.74, 6) is 0. The molecular weight excluding hydrogens is 703 g/mol. The molecule has 0 N–H and O–H groups in total. The lowest BCUT2D eigenvalue weighted by molar-refractivity contribution is 0.674. The molecule has 0 saturated heterocycles. The van der Waals surface area contributed by atoms with Crippen molar-refractivity contribution in [1.29, 1.82) is 0 Å². The van der Waals surface area contributed by atoms with Crippen molar-refractivity contribution in [3.8, 4) is 22.3 Å². The topological polar surface area (TPSA) is 16.4 Å². The molecule has 12 aromatic rings. The standard InChI is InChI=1S/C56H35NO/c1-6-19-43-36(14-1)30-33-51-50-26-13-25-49(56(50)58-55(43)51)48-24-11-12-27-53(48)57(54-35-39-16-3-5-18-42(39)45-21-9-10-23-47(45)54)40-31-28-37(29-32-40)52-34-38-15-2-4-17-41(38)44-20-7-8-22-46(44)52/h1-35H. The molecule has 0 aliphatic carbocycles. The van der Waals surface area contributed by atoms with E-state index in [0.717, 1.165) is 55.5 Å². The number of anilines is 3. The van der Waals surface area contributed by atoms with Gasteiger partial charge in [-0.2, -0.15) is 0 Å². The van der Waals surface area contributed by atoms with E-state index in [0.29, 0.717) is 0 Å². The number of hydrogen-bond acceptors (Lipinski definition) is 2. The lowest BCUT2D eigenvalue weighted by Crippen LogP contribution is -2.12. The molecule has 58 heavy (non-hydrogen) atoms. The fourth-order valence-electron chi connectivity index (χ4n) is 9.35. The van der Waals surface area contributed by atoms with Gasteiger partial charge in [0.25, 0.3) is 0 Å². The molecule has 0 amide bonds. The lowest BCUT2D eigenvalue weighted by atomic mass is 9.93. The van der Waals surface area contributed by atoms with Gasteiger partial charge >= 0.3 is 0 Å². The van der Waals surface area contributed by atoms with Gasteiger partial charge in [-0.15, -0.1) is 0 Å². The summed E-state index contributed by atoms with van der Waals surface area (Å²) in [5, 5.41) is 14.4. The SMILES string of the molecule is c1ccc(N(c2ccc(-c3cc4ccccc4c4ccccc34)cc2)c2cc3ccccc3c3ccccc23)c(-c2cccc3c2oc2c4ccccc4ccc32)c1. The highest BCUT2D eigenvalue weighted by molar-refractivity contribution is 6.19. The van der Waals surface area contributed by atoms with Gasteiger partial charge in [0, 0.05) is 38.4 Å². The minimum absolute atomic E-state index is 0.892. The molecule has 0 saturated carbocycles. The lowest BCUT2D eigenvalue weighted by Gasteiger charge is -2.30. The summed E-state index contributed by atoms with van der Waals surface area (Å²) in [6.07, 6.45) is 0. The van der Waals surface area contributed by atoms with Gasteiger partial charge in [-0.05, 0) is 90.6 Å². The molecular formula is C56H35NO. The highest BCUT2D eigenvalue weighted by Crippen LogP contribution is 2.48. The van der Waals surface area contributed by atoms with E-state index < -0.39 is 0 Å². The number of rotatable bonds is 5. The normalized spacial score (nSPS) is 11.8. The van der Waals surface area contributed by atoms with Crippen LogP contribution < -0.4 is 4.90 Å². The zero-order valence-corrected chi connectivity index (χ0v) is 31.6. The molecule has 0 fully saturated rings. The highest BCUT2D eigenvalue weighted by Gasteiger charge is 2.23. The van der Waals surface area contributed by atoms with Gasteiger partial charge in [-0.3, -0.25) is 0 Å². The molecule has 0 unspecified atom stereocenters. The Labute approximate surface area is 335 Å². The molecule has 12 rings (SSSR count). The molecule has 1 aromatic heterocycles. The summed E-state index contributed by atoms with van der Waals surface area (Å²) in [5.41, 5.74) is 9.65. The van der Waals surface area contributed by atoms with Crippen molar-refractivity contribution >= 4 is 92.9 Å². The molecule has 0 aliphatic rings. The third kappa shape index (κ3) is 4.99. The molecule has 11 aromatic carbocycles. The molecule has 2 nitrogen and oxygen atoms in total. The summed E-state index contributed by atoms with van der Waals surface area (Å²) in [7, 11) is 0. The van der Waals surface area contributed by atoms with E-state index in [9.17, 15) is 0 Å². The molecule has 1 heterocycles. The van der Waals surface area contributed by atoms with Crippen molar-refractivity contribution in [2.24, 2.45) is 0 Å². The van der Waals surface area contributed by atoms with Gasteiger partial charge in [-0.1, -0.05) is 176 Å². The zero-order chi connectivity index (χ0) is 38.2. The van der Waals surface area contributed by atoms with Crippen molar-refractivity contribution in [1.82, 2.24) is 0 Å². The Morgan fingerprint density at radius 1 is 0.276 bits per heavy atom. The van der Waals surface area contributed by atoms with Crippen LogP contribution in [0.3, 0.4) is 0 Å². The quantitative estimate of drug-likeness (QED) is 0.164. The van der Waals surface area contributed by atoms with Crippen molar-refractivity contribution in [3.05, 3.63) is 212 Å². The van der Waals surface area contributed by atoms with Crippen molar-refractivity contribution in [3.63, 3.8) is 0 Å². The number of furan rings is 1. The van der Waals surface area contributed by atoms with E-state index in [-0.39, 0.29) is 0 Å². The van der Waals surface area contributed by atoms with Gasteiger partial charge < -0.3 is 9.32 Å². The van der Waals surface area contributed by atoms with Gasteiger partial charge in [0.1, 0.15) is 11.2 Å². The Kier molecular flexibility index (Phi) is 7.26. The number of benzene rings is 11. The van der Waals surface area contributed by atoms with Crippen LogP contribution in [0.4, 0.5) is 17.1 Å². The summed E-state index contributed by atoms with van der Waals surface area (Å²) in [6, 6.07) is 77.0.